The van der Waals surface area contributed by atoms with E-state index in [0.29, 0.717) is 28.7 Å². The zero-order valence-corrected chi connectivity index (χ0v) is 12.0. The van der Waals surface area contributed by atoms with Gasteiger partial charge in [0.2, 0.25) is 0 Å². The van der Waals surface area contributed by atoms with E-state index in [2.05, 4.69) is 0 Å². The standard InChI is InChI=1S/C15H14O4S/c1-19-15-8-4-7-13(14(15)10-16)11-5-3-6-12(9-11)20(2,17)18/h3-10H,1-2H3. The molecule has 5 heteroatoms. The highest BCUT2D eigenvalue weighted by atomic mass is 32.2. The largest absolute Gasteiger partial charge is 0.496 e. The second kappa shape index (κ2) is 5.46. The predicted molar refractivity (Wildman–Crippen MR) is 76.9 cm³/mol. The summed E-state index contributed by atoms with van der Waals surface area (Å²) in [5.41, 5.74) is 1.71. The first-order valence-corrected chi connectivity index (χ1v) is 7.79. The van der Waals surface area contributed by atoms with Crippen LogP contribution in [0.4, 0.5) is 0 Å². The number of carbonyl (C=O) groups excluding carboxylic acids is 1. The van der Waals surface area contributed by atoms with Gasteiger partial charge < -0.3 is 4.74 Å². The van der Waals surface area contributed by atoms with Crippen molar-refractivity contribution < 1.29 is 17.9 Å². The van der Waals surface area contributed by atoms with E-state index in [9.17, 15) is 13.2 Å². The third-order valence-electron chi connectivity index (χ3n) is 2.98. The van der Waals surface area contributed by atoms with Gasteiger partial charge in [-0.05, 0) is 29.3 Å². The molecular formula is C15H14O4S. The summed E-state index contributed by atoms with van der Waals surface area (Å²) in [6.45, 7) is 0. The summed E-state index contributed by atoms with van der Waals surface area (Å²) in [4.78, 5) is 11.5. The Hall–Kier alpha value is -2.14. The molecule has 0 amide bonds. The van der Waals surface area contributed by atoms with Crippen LogP contribution in [0.5, 0.6) is 5.75 Å². The second-order valence-electron chi connectivity index (χ2n) is 4.34. The van der Waals surface area contributed by atoms with Gasteiger partial charge in [-0.2, -0.15) is 0 Å². The molecule has 0 aliphatic carbocycles. The third-order valence-corrected chi connectivity index (χ3v) is 4.09. The fourth-order valence-corrected chi connectivity index (χ4v) is 2.66. The molecule has 0 heterocycles. The summed E-state index contributed by atoms with van der Waals surface area (Å²) in [5, 5.41) is 0. The molecule has 0 aromatic heterocycles. The van der Waals surface area contributed by atoms with E-state index in [0.717, 1.165) is 6.26 Å². The molecule has 0 atom stereocenters. The molecular weight excluding hydrogens is 276 g/mol. The fraction of sp³-hybridized carbons (Fsp3) is 0.133. The molecule has 2 aromatic rings. The van der Waals surface area contributed by atoms with Gasteiger partial charge in [0.05, 0.1) is 17.6 Å². The van der Waals surface area contributed by atoms with Crippen molar-refractivity contribution in [3.8, 4) is 16.9 Å². The third kappa shape index (κ3) is 2.72. The molecule has 0 bridgehead atoms. The maximum absolute atomic E-state index is 11.6. The van der Waals surface area contributed by atoms with Gasteiger partial charge in [0, 0.05) is 6.26 Å². The number of benzene rings is 2. The molecule has 20 heavy (non-hydrogen) atoms. The maximum atomic E-state index is 11.6. The lowest BCUT2D eigenvalue weighted by atomic mass is 10.00. The van der Waals surface area contributed by atoms with Gasteiger partial charge in [-0.15, -0.1) is 0 Å². The van der Waals surface area contributed by atoms with Crippen LogP contribution in [-0.4, -0.2) is 28.1 Å². The van der Waals surface area contributed by atoms with Crippen molar-refractivity contribution in [1.82, 2.24) is 0 Å². The van der Waals surface area contributed by atoms with Crippen LogP contribution in [0, 0.1) is 0 Å². The Morgan fingerprint density at radius 2 is 1.80 bits per heavy atom. The van der Waals surface area contributed by atoms with Crippen LogP contribution >= 0.6 is 0 Å². The summed E-state index contributed by atoms with van der Waals surface area (Å²) in [6.07, 6.45) is 1.86. The quantitative estimate of drug-likeness (QED) is 0.812. The van der Waals surface area contributed by atoms with Crippen molar-refractivity contribution in [3.05, 3.63) is 48.0 Å². The minimum Gasteiger partial charge on any atom is -0.496 e. The minimum atomic E-state index is -3.29. The lowest BCUT2D eigenvalue weighted by molar-refractivity contribution is 0.112. The molecule has 0 radical (unpaired) electrons. The second-order valence-corrected chi connectivity index (χ2v) is 6.36. The van der Waals surface area contributed by atoms with Crippen LogP contribution < -0.4 is 4.74 Å². The molecule has 2 aromatic carbocycles. The number of aldehydes is 1. The number of hydrogen-bond acceptors (Lipinski definition) is 4. The highest BCUT2D eigenvalue weighted by Crippen LogP contribution is 2.30. The van der Waals surface area contributed by atoms with E-state index >= 15 is 0 Å². The smallest absolute Gasteiger partial charge is 0.175 e. The number of methoxy groups -OCH3 is 1. The van der Waals surface area contributed by atoms with E-state index < -0.39 is 9.84 Å². The van der Waals surface area contributed by atoms with Gasteiger partial charge in [-0.3, -0.25) is 4.79 Å². The van der Waals surface area contributed by atoms with Crippen LogP contribution in [-0.2, 0) is 9.84 Å². The summed E-state index contributed by atoms with van der Waals surface area (Å²) in [6, 6.07) is 11.7. The molecule has 0 fully saturated rings. The van der Waals surface area contributed by atoms with Crippen LogP contribution in [0.3, 0.4) is 0 Å². The van der Waals surface area contributed by atoms with E-state index in [1.807, 2.05) is 0 Å². The lowest BCUT2D eigenvalue weighted by Gasteiger charge is -2.10. The van der Waals surface area contributed by atoms with E-state index in [1.54, 1.807) is 36.4 Å². The highest BCUT2D eigenvalue weighted by Gasteiger charge is 2.13. The van der Waals surface area contributed by atoms with Crippen molar-refractivity contribution >= 4 is 16.1 Å². The monoisotopic (exact) mass is 290 g/mol. The SMILES string of the molecule is COc1cccc(-c2cccc(S(C)(=O)=O)c2)c1C=O. The Morgan fingerprint density at radius 3 is 2.40 bits per heavy atom. The molecule has 104 valence electrons. The van der Waals surface area contributed by atoms with Crippen LogP contribution in [0.25, 0.3) is 11.1 Å². The summed E-state index contributed by atoms with van der Waals surface area (Å²) >= 11 is 0. The number of sulfone groups is 1. The van der Waals surface area contributed by atoms with Crippen molar-refractivity contribution in [2.75, 3.05) is 13.4 Å². The van der Waals surface area contributed by atoms with Crippen molar-refractivity contribution in [1.29, 1.82) is 0 Å². The maximum Gasteiger partial charge on any atom is 0.175 e. The van der Waals surface area contributed by atoms with Gasteiger partial charge in [0.15, 0.2) is 16.1 Å². The lowest BCUT2D eigenvalue weighted by Crippen LogP contribution is -1.98. The van der Waals surface area contributed by atoms with Gasteiger partial charge in [0.25, 0.3) is 0 Å². The molecule has 4 nitrogen and oxygen atoms in total. The van der Waals surface area contributed by atoms with Crippen LogP contribution in [0.2, 0.25) is 0 Å². The Kier molecular flexibility index (Phi) is 3.90. The first-order chi connectivity index (χ1) is 9.47. The van der Waals surface area contributed by atoms with Crippen molar-refractivity contribution in [2.45, 2.75) is 4.90 Å². The average molecular weight is 290 g/mol. The van der Waals surface area contributed by atoms with E-state index in [4.69, 9.17) is 4.74 Å². The van der Waals surface area contributed by atoms with Gasteiger partial charge in [-0.25, -0.2) is 8.42 Å². The molecule has 0 saturated carbocycles. The first kappa shape index (κ1) is 14.3. The fourth-order valence-electron chi connectivity index (χ4n) is 1.99. The Balaban J connectivity index is 2.66. The number of rotatable bonds is 4. The molecule has 0 aliphatic rings. The normalized spacial score (nSPS) is 11.1. The minimum absolute atomic E-state index is 0.217. The first-order valence-electron chi connectivity index (χ1n) is 5.90. The molecule has 0 aliphatic heterocycles. The Bertz CT molecular complexity index is 748. The predicted octanol–water partition coefficient (Wildman–Crippen LogP) is 2.58. The van der Waals surface area contributed by atoms with Crippen molar-refractivity contribution in [3.63, 3.8) is 0 Å². The van der Waals surface area contributed by atoms with Gasteiger partial charge >= 0.3 is 0 Å². The molecule has 0 N–H and O–H groups in total. The van der Waals surface area contributed by atoms with Crippen LogP contribution in [0.1, 0.15) is 10.4 Å². The topological polar surface area (TPSA) is 60.4 Å². The highest BCUT2D eigenvalue weighted by molar-refractivity contribution is 7.90. The Labute approximate surface area is 117 Å². The average Bonchev–Trinajstić information content (AvgIpc) is 2.45. The summed E-state index contributed by atoms with van der Waals surface area (Å²) in [7, 11) is -1.80. The van der Waals surface area contributed by atoms with Crippen molar-refractivity contribution in [2.24, 2.45) is 0 Å². The molecule has 0 unspecified atom stereocenters. The molecule has 2 rings (SSSR count). The molecule has 0 spiro atoms. The van der Waals surface area contributed by atoms with E-state index in [-0.39, 0.29) is 4.90 Å². The number of ether oxygens (including phenoxy) is 1. The number of hydrogen-bond donors (Lipinski definition) is 0. The van der Waals surface area contributed by atoms with Gasteiger partial charge in [0.1, 0.15) is 5.75 Å². The number of carbonyl (C=O) groups is 1. The van der Waals surface area contributed by atoms with Crippen LogP contribution in [0.15, 0.2) is 47.4 Å². The molecule has 0 saturated heterocycles. The zero-order chi connectivity index (χ0) is 14.8. The summed E-state index contributed by atoms with van der Waals surface area (Å²) < 4.78 is 28.3. The van der Waals surface area contributed by atoms with Gasteiger partial charge in [-0.1, -0.05) is 24.3 Å². The summed E-state index contributed by atoms with van der Waals surface area (Å²) in [5.74, 6) is 0.460. The van der Waals surface area contributed by atoms with E-state index in [1.165, 1.54) is 13.2 Å². The zero-order valence-electron chi connectivity index (χ0n) is 11.2. The Morgan fingerprint density at radius 1 is 1.10 bits per heavy atom.